The molecule has 1 unspecified atom stereocenters. The lowest BCUT2D eigenvalue weighted by atomic mass is 9.95. The maximum absolute atomic E-state index is 13.8. The van der Waals surface area contributed by atoms with Crippen molar-refractivity contribution in [3.8, 4) is 5.75 Å². The maximum Gasteiger partial charge on any atom is 0.258 e. The van der Waals surface area contributed by atoms with Crippen LogP contribution in [0, 0.1) is 5.82 Å². The van der Waals surface area contributed by atoms with Crippen LogP contribution in [0.1, 0.15) is 50.7 Å². The van der Waals surface area contributed by atoms with E-state index in [4.69, 9.17) is 4.74 Å². The Bertz CT molecular complexity index is 484. The highest BCUT2D eigenvalue weighted by molar-refractivity contribution is 5.77. The Morgan fingerprint density at radius 2 is 2.14 bits per heavy atom. The third-order valence-electron chi connectivity index (χ3n) is 3.77. The van der Waals surface area contributed by atoms with Crippen molar-refractivity contribution in [1.82, 2.24) is 5.32 Å². The van der Waals surface area contributed by atoms with Gasteiger partial charge < -0.3 is 15.2 Å². The van der Waals surface area contributed by atoms with Gasteiger partial charge in [0, 0.05) is 6.04 Å². The number of carbonyl (C=O) groups excluding carboxylic acids is 1. The van der Waals surface area contributed by atoms with Gasteiger partial charge in [-0.1, -0.05) is 25.3 Å². The molecule has 21 heavy (non-hydrogen) atoms. The molecule has 0 aromatic heterocycles. The molecule has 0 heterocycles. The number of halogens is 1. The predicted molar refractivity (Wildman–Crippen MR) is 77.5 cm³/mol. The fraction of sp³-hybridized carbons (Fsp3) is 0.562. The van der Waals surface area contributed by atoms with Crippen molar-refractivity contribution in [1.29, 1.82) is 0 Å². The van der Waals surface area contributed by atoms with Crippen molar-refractivity contribution in [2.24, 2.45) is 0 Å². The number of hydrogen-bond donors (Lipinski definition) is 2. The first-order valence-electron chi connectivity index (χ1n) is 7.46. The average Bonchev–Trinajstić information content (AvgIpc) is 2.47. The monoisotopic (exact) mass is 295 g/mol. The number of carbonyl (C=O) groups is 1. The van der Waals surface area contributed by atoms with Crippen LogP contribution in [0.15, 0.2) is 18.2 Å². The summed E-state index contributed by atoms with van der Waals surface area (Å²) in [4.78, 5) is 11.8. The minimum Gasteiger partial charge on any atom is -0.481 e. The molecule has 0 aliphatic heterocycles. The van der Waals surface area contributed by atoms with Gasteiger partial charge in [-0.15, -0.1) is 0 Å². The van der Waals surface area contributed by atoms with Crippen molar-refractivity contribution >= 4 is 5.91 Å². The Hall–Kier alpha value is -1.62. The van der Waals surface area contributed by atoms with Crippen LogP contribution >= 0.6 is 0 Å². The molecule has 1 amide bonds. The van der Waals surface area contributed by atoms with Crippen LogP contribution in [0.4, 0.5) is 4.39 Å². The highest BCUT2D eigenvalue weighted by atomic mass is 19.1. The van der Waals surface area contributed by atoms with Crippen LogP contribution in [0.2, 0.25) is 0 Å². The Morgan fingerprint density at radius 3 is 2.76 bits per heavy atom. The second kappa shape index (κ2) is 7.41. The zero-order valence-corrected chi connectivity index (χ0v) is 12.3. The molecule has 0 spiro atoms. The minimum atomic E-state index is -0.733. The molecule has 0 bridgehead atoms. The van der Waals surface area contributed by atoms with Gasteiger partial charge in [0.1, 0.15) is 0 Å². The van der Waals surface area contributed by atoms with Gasteiger partial charge in [-0.25, -0.2) is 4.39 Å². The molecule has 1 aromatic rings. The highest BCUT2D eigenvalue weighted by Crippen LogP contribution is 2.22. The lowest BCUT2D eigenvalue weighted by Gasteiger charge is -2.22. The zero-order valence-electron chi connectivity index (χ0n) is 12.3. The van der Waals surface area contributed by atoms with E-state index in [1.54, 1.807) is 13.0 Å². The van der Waals surface area contributed by atoms with Crippen LogP contribution in [0.25, 0.3) is 0 Å². The van der Waals surface area contributed by atoms with E-state index in [0.717, 1.165) is 25.7 Å². The fourth-order valence-corrected chi connectivity index (χ4v) is 2.55. The fourth-order valence-electron chi connectivity index (χ4n) is 2.55. The van der Waals surface area contributed by atoms with E-state index in [1.165, 1.54) is 18.6 Å². The molecule has 116 valence electrons. The molecule has 1 atom stereocenters. The van der Waals surface area contributed by atoms with Gasteiger partial charge in [-0.05, 0) is 37.5 Å². The third-order valence-corrected chi connectivity index (χ3v) is 3.77. The SMILES string of the molecule is CC(O)c1ccc(OCC(=O)NC2CCCCC2)c(F)c1. The summed E-state index contributed by atoms with van der Waals surface area (Å²) in [6.45, 7) is 1.37. The topological polar surface area (TPSA) is 58.6 Å². The number of hydrogen-bond acceptors (Lipinski definition) is 3. The van der Waals surface area contributed by atoms with Crippen molar-refractivity contribution in [3.05, 3.63) is 29.6 Å². The Morgan fingerprint density at radius 1 is 1.43 bits per heavy atom. The summed E-state index contributed by atoms with van der Waals surface area (Å²) >= 11 is 0. The Kier molecular flexibility index (Phi) is 5.56. The Labute approximate surface area is 124 Å². The number of aliphatic hydroxyl groups excluding tert-OH is 1. The minimum absolute atomic E-state index is 0.0261. The molecule has 1 aromatic carbocycles. The van der Waals surface area contributed by atoms with E-state index < -0.39 is 11.9 Å². The molecule has 5 heteroatoms. The summed E-state index contributed by atoms with van der Waals surface area (Å²) in [7, 11) is 0. The second-order valence-electron chi connectivity index (χ2n) is 5.56. The molecule has 0 radical (unpaired) electrons. The summed E-state index contributed by atoms with van der Waals surface area (Å²) in [6, 6.07) is 4.46. The van der Waals surface area contributed by atoms with Gasteiger partial charge in [0.25, 0.3) is 5.91 Å². The van der Waals surface area contributed by atoms with Crippen LogP contribution in [0.5, 0.6) is 5.75 Å². The average molecular weight is 295 g/mol. The second-order valence-corrected chi connectivity index (χ2v) is 5.56. The molecule has 1 aliphatic rings. The number of ether oxygens (including phenoxy) is 1. The smallest absolute Gasteiger partial charge is 0.258 e. The standard InChI is InChI=1S/C16H22FNO3/c1-11(19)12-7-8-15(14(17)9-12)21-10-16(20)18-13-5-3-2-4-6-13/h7-9,11,13,19H,2-6,10H2,1H3,(H,18,20). The first-order valence-corrected chi connectivity index (χ1v) is 7.46. The van der Waals surface area contributed by atoms with E-state index in [1.807, 2.05) is 0 Å². The molecule has 2 rings (SSSR count). The quantitative estimate of drug-likeness (QED) is 0.878. The van der Waals surface area contributed by atoms with Gasteiger partial charge in [0.15, 0.2) is 18.2 Å². The van der Waals surface area contributed by atoms with Gasteiger partial charge in [-0.2, -0.15) is 0 Å². The van der Waals surface area contributed by atoms with Crippen molar-refractivity contribution in [2.75, 3.05) is 6.61 Å². The highest BCUT2D eigenvalue weighted by Gasteiger charge is 2.16. The molecule has 0 saturated heterocycles. The van der Waals surface area contributed by atoms with Gasteiger partial charge in [0.2, 0.25) is 0 Å². The van der Waals surface area contributed by atoms with Gasteiger partial charge in [-0.3, -0.25) is 4.79 Å². The van der Waals surface area contributed by atoms with Gasteiger partial charge in [0.05, 0.1) is 6.10 Å². The summed E-state index contributed by atoms with van der Waals surface area (Å²) in [5, 5.41) is 12.3. The first-order chi connectivity index (χ1) is 10.1. The molecular weight excluding hydrogens is 273 g/mol. The van der Waals surface area contributed by atoms with Crippen LogP contribution in [0.3, 0.4) is 0 Å². The number of benzene rings is 1. The third kappa shape index (κ3) is 4.70. The molecule has 4 nitrogen and oxygen atoms in total. The van der Waals surface area contributed by atoms with E-state index in [0.29, 0.717) is 5.56 Å². The van der Waals surface area contributed by atoms with Gasteiger partial charge >= 0.3 is 0 Å². The zero-order chi connectivity index (χ0) is 15.2. The van der Waals surface area contributed by atoms with Crippen molar-refractivity contribution < 1.29 is 19.0 Å². The molecular formula is C16H22FNO3. The molecule has 1 saturated carbocycles. The van der Waals surface area contributed by atoms with E-state index in [9.17, 15) is 14.3 Å². The number of rotatable bonds is 5. The summed E-state index contributed by atoms with van der Waals surface area (Å²) in [6.07, 6.45) is 4.78. The largest absolute Gasteiger partial charge is 0.481 e. The number of amides is 1. The van der Waals surface area contributed by atoms with Crippen LogP contribution in [-0.2, 0) is 4.79 Å². The number of aliphatic hydroxyl groups is 1. The van der Waals surface area contributed by atoms with Crippen molar-refractivity contribution in [3.63, 3.8) is 0 Å². The number of nitrogens with one attached hydrogen (secondary N) is 1. The van der Waals surface area contributed by atoms with Crippen LogP contribution in [-0.4, -0.2) is 23.7 Å². The van der Waals surface area contributed by atoms with Crippen LogP contribution < -0.4 is 10.1 Å². The predicted octanol–water partition coefficient (Wildman–Crippen LogP) is 2.71. The summed E-state index contributed by atoms with van der Waals surface area (Å²) in [5.41, 5.74) is 0.478. The molecule has 1 fully saturated rings. The maximum atomic E-state index is 13.8. The first kappa shape index (κ1) is 15.8. The molecule has 1 aliphatic carbocycles. The van der Waals surface area contributed by atoms with E-state index >= 15 is 0 Å². The Balaban J connectivity index is 1.83. The normalized spacial score (nSPS) is 17.3. The lowest BCUT2D eigenvalue weighted by Crippen LogP contribution is -2.39. The molecule has 2 N–H and O–H groups in total. The lowest BCUT2D eigenvalue weighted by molar-refractivity contribution is -0.124. The summed E-state index contributed by atoms with van der Waals surface area (Å²) < 4.78 is 19.0. The van der Waals surface area contributed by atoms with Crippen molar-refractivity contribution in [2.45, 2.75) is 51.2 Å². The van der Waals surface area contributed by atoms with E-state index in [-0.39, 0.29) is 24.3 Å². The summed E-state index contributed by atoms with van der Waals surface area (Å²) in [5.74, 6) is -0.766. The van der Waals surface area contributed by atoms with E-state index in [2.05, 4.69) is 5.32 Å².